The van der Waals surface area contributed by atoms with Gasteiger partial charge in [-0.1, -0.05) is 72.8 Å². The van der Waals surface area contributed by atoms with Gasteiger partial charge in [-0.2, -0.15) is 0 Å². The van der Waals surface area contributed by atoms with Crippen LogP contribution in [0.15, 0.2) is 41.1 Å². The number of nitrogens with zero attached hydrogens (tertiary/aromatic N) is 1. The number of halogens is 1. The van der Waals surface area contributed by atoms with Crippen LogP contribution in [0.5, 0.6) is 0 Å². The molecule has 126 valence electrons. The van der Waals surface area contributed by atoms with E-state index in [0.717, 1.165) is 31.1 Å². The van der Waals surface area contributed by atoms with E-state index in [0.29, 0.717) is 5.91 Å². The largest absolute Gasteiger partial charge is 0.328 e. The Balaban J connectivity index is 2.55. The van der Waals surface area contributed by atoms with E-state index >= 15 is 0 Å². The van der Waals surface area contributed by atoms with Crippen molar-refractivity contribution in [1.29, 1.82) is 0 Å². The number of amides is 1. The summed E-state index contributed by atoms with van der Waals surface area (Å²) in [5.41, 5.74) is 2.64. The lowest BCUT2D eigenvalue weighted by atomic mass is 9.96. The summed E-state index contributed by atoms with van der Waals surface area (Å²) in [4.78, 5) is 15.3. The first-order valence-electron chi connectivity index (χ1n) is 8.57. The number of hydrogen-bond acceptors (Lipinski definition) is 1. The lowest BCUT2D eigenvalue weighted by Crippen LogP contribution is -2.36. The van der Waals surface area contributed by atoms with Gasteiger partial charge in [-0.3, -0.25) is 4.79 Å². The molecule has 0 aliphatic carbocycles. The van der Waals surface area contributed by atoms with Gasteiger partial charge in [-0.05, 0) is 30.4 Å². The van der Waals surface area contributed by atoms with Gasteiger partial charge in [-0.15, -0.1) is 0 Å². The predicted octanol–water partition coefficient (Wildman–Crippen LogP) is 5.33. The van der Waals surface area contributed by atoms with E-state index in [4.69, 9.17) is 0 Å². The van der Waals surface area contributed by atoms with Crippen LogP contribution in [0, 0.1) is 0 Å². The molecule has 1 aliphatic heterocycles. The molecule has 0 saturated carbocycles. The summed E-state index contributed by atoms with van der Waals surface area (Å²) in [7, 11) is -1.67. The van der Waals surface area contributed by atoms with Crippen LogP contribution in [0.25, 0.3) is 0 Å². The lowest BCUT2D eigenvalue weighted by molar-refractivity contribution is -0.126. The SMILES string of the molecule is CCCN1C(=O)C([Si](C)(C)C)=C(CCCBr)C1c1ccccc1. The number of rotatable bonds is 7. The van der Waals surface area contributed by atoms with Crippen LogP contribution in [-0.2, 0) is 4.79 Å². The summed E-state index contributed by atoms with van der Waals surface area (Å²) in [5.74, 6) is 0.296. The minimum Gasteiger partial charge on any atom is -0.328 e. The summed E-state index contributed by atoms with van der Waals surface area (Å²) < 4.78 is 0. The third-order valence-electron chi connectivity index (χ3n) is 4.35. The minimum atomic E-state index is -1.67. The first-order chi connectivity index (χ1) is 10.9. The Bertz CT molecular complexity index is 577. The summed E-state index contributed by atoms with van der Waals surface area (Å²) in [6.07, 6.45) is 3.09. The smallest absolute Gasteiger partial charge is 0.246 e. The fourth-order valence-electron chi connectivity index (χ4n) is 3.53. The topological polar surface area (TPSA) is 20.3 Å². The van der Waals surface area contributed by atoms with Crippen molar-refractivity contribution >= 4 is 29.9 Å². The van der Waals surface area contributed by atoms with Crippen LogP contribution in [0.1, 0.15) is 37.8 Å². The highest BCUT2D eigenvalue weighted by Gasteiger charge is 2.43. The Morgan fingerprint density at radius 2 is 1.83 bits per heavy atom. The zero-order valence-electron chi connectivity index (χ0n) is 14.7. The molecule has 1 aliphatic rings. The van der Waals surface area contributed by atoms with E-state index < -0.39 is 8.07 Å². The van der Waals surface area contributed by atoms with Gasteiger partial charge in [0.2, 0.25) is 5.91 Å². The molecule has 2 rings (SSSR count). The Morgan fingerprint density at radius 3 is 2.35 bits per heavy atom. The van der Waals surface area contributed by atoms with E-state index in [1.54, 1.807) is 0 Å². The van der Waals surface area contributed by atoms with E-state index in [2.05, 4.69) is 71.7 Å². The monoisotopic (exact) mass is 393 g/mol. The third-order valence-corrected chi connectivity index (χ3v) is 6.94. The maximum atomic E-state index is 13.2. The second-order valence-electron chi connectivity index (χ2n) is 7.25. The van der Waals surface area contributed by atoms with E-state index in [-0.39, 0.29) is 6.04 Å². The van der Waals surface area contributed by atoms with Crippen LogP contribution in [-0.4, -0.2) is 30.8 Å². The molecule has 0 aromatic heterocycles. The Morgan fingerprint density at radius 1 is 1.17 bits per heavy atom. The highest BCUT2D eigenvalue weighted by Crippen LogP contribution is 2.43. The average Bonchev–Trinajstić information content (AvgIpc) is 2.79. The van der Waals surface area contributed by atoms with Crippen molar-refractivity contribution < 1.29 is 4.79 Å². The van der Waals surface area contributed by atoms with Crippen LogP contribution in [0.4, 0.5) is 0 Å². The van der Waals surface area contributed by atoms with Gasteiger partial charge in [0.25, 0.3) is 0 Å². The Hall–Kier alpha value is -0.873. The minimum absolute atomic E-state index is 0.143. The van der Waals surface area contributed by atoms with Gasteiger partial charge in [-0.25, -0.2) is 0 Å². The zero-order valence-corrected chi connectivity index (χ0v) is 17.3. The molecular formula is C19H28BrNOSi. The van der Waals surface area contributed by atoms with Crippen molar-refractivity contribution in [1.82, 2.24) is 4.90 Å². The molecule has 0 radical (unpaired) electrons. The quantitative estimate of drug-likeness (QED) is 0.452. The standard InChI is InChI=1S/C19H28BrNOSi/c1-5-14-21-17(15-10-7-6-8-11-15)16(12-9-13-20)18(19(21)22)23(2,3)4/h6-8,10-11,17H,5,9,12-14H2,1-4H3. The van der Waals surface area contributed by atoms with Crippen molar-refractivity contribution in [2.24, 2.45) is 0 Å². The Kier molecular flexibility index (Phi) is 6.26. The molecule has 1 unspecified atom stereocenters. The molecule has 0 saturated heterocycles. The number of hydrogen-bond donors (Lipinski definition) is 0. The third kappa shape index (κ3) is 3.97. The highest BCUT2D eigenvalue weighted by molar-refractivity contribution is 9.09. The summed E-state index contributed by atoms with van der Waals surface area (Å²) >= 11 is 3.55. The molecule has 1 heterocycles. The lowest BCUT2D eigenvalue weighted by Gasteiger charge is -2.27. The molecule has 1 aromatic carbocycles. The Labute approximate surface area is 150 Å². The van der Waals surface area contributed by atoms with Gasteiger partial charge in [0.1, 0.15) is 0 Å². The van der Waals surface area contributed by atoms with E-state index in [1.165, 1.54) is 16.3 Å². The molecule has 23 heavy (non-hydrogen) atoms. The normalized spacial score (nSPS) is 18.9. The molecule has 0 N–H and O–H groups in total. The molecule has 0 spiro atoms. The second kappa shape index (κ2) is 7.80. The summed E-state index contributed by atoms with van der Waals surface area (Å²) in [6.45, 7) is 9.88. The molecule has 1 amide bonds. The molecule has 0 bridgehead atoms. The van der Waals surface area contributed by atoms with Crippen LogP contribution < -0.4 is 0 Å². The first-order valence-corrected chi connectivity index (χ1v) is 13.2. The molecule has 2 nitrogen and oxygen atoms in total. The maximum Gasteiger partial charge on any atom is 0.246 e. The molecular weight excluding hydrogens is 366 g/mol. The fraction of sp³-hybridized carbons (Fsp3) is 0.526. The summed E-state index contributed by atoms with van der Waals surface area (Å²) in [6, 6.07) is 10.7. The van der Waals surface area contributed by atoms with Crippen LogP contribution in [0.2, 0.25) is 19.6 Å². The molecule has 0 fully saturated rings. The highest BCUT2D eigenvalue weighted by atomic mass is 79.9. The summed E-state index contributed by atoms with van der Waals surface area (Å²) in [5, 5.41) is 2.15. The number of carbonyl (C=O) groups excluding carboxylic acids is 1. The van der Waals surface area contributed by atoms with Gasteiger partial charge < -0.3 is 4.90 Å². The van der Waals surface area contributed by atoms with Gasteiger partial charge >= 0.3 is 0 Å². The first kappa shape index (κ1) is 18.5. The number of alkyl halides is 1. The van der Waals surface area contributed by atoms with Gasteiger partial charge in [0.15, 0.2) is 0 Å². The second-order valence-corrected chi connectivity index (χ2v) is 13.0. The average molecular weight is 394 g/mol. The molecule has 1 atom stereocenters. The van der Waals surface area contributed by atoms with Crippen LogP contribution in [0.3, 0.4) is 0 Å². The van der Waals surface area contributed by atoms with Gasteiger partial charge in [0.05, 0.1) is 14.1 Å². The predicted molar refractivity (Wildman–Crippen MR) is 105 cm³/mol. The molecule has 4 heteroatoms. The molecule has 1 aromatic rings. The van der Waals surface area contributed by atoms with Crippen LogP contribution >= 0.6 is 15.9 Å². The number of benzene rings is 1. The van der Waals surface area contributed by atoms with Crippen molar-refractivity contribution in [3.05, 3.63) is 46.7 Å². The van der Waals surface area contributed by atoms with Crippen molar-refractivity contribution in [2.75, 3.05) is 11.9 Å². The zero-order chi connectivity index (χ0) is 17.0. The fourth-order valence-corrected chi connectivity index (χ4v) is 5.82. The van der Waals surface area contributed by atoms with Crippen molar-refractivity contribution in [2.45, 2.75) is 51.9 Å². The van der Waals surface area contributed by atoms with E-state index in [9.17, 15) is 4.79 Å². The van der Waals surface area contributed by atoms with Gasteiger partial charge in [0, 0.05) is 17.1 Å². The van der Waals surface area contributed by atoms with Crippen molar-refractivity contribution in [3.8, 4) is 0 Å². The maximum absolute atomic E-state index is 13.2. The number of carbonyl (C=O) groups is 1. The van der Waals surface area contributed by atoms with E-state index in [1.807, 2.05) is 6.07 Å². The van der Waals surface area contributed by atoms with Crippen molar-refractivity contribution in [3.63, 3.8) is 0 Å².